The average Bonchev–Trinajstić information content (AvgIpc) is 2.44. The first-order valence-electron chi connectivity index (χ1n) is 6.82. The monoisotopic (exact) mass is 362 g/mol. The lowest BCUT2D eigenvalue weighted by Gasteiger charge is -2.22. The summed E-state index contributed by atoms with van der Waals surface area (Å²) in [4.78, 5) is 23.0. The number of rotatable bonds is 7. The molecule has 0 saturated carbocycles. The van der Waals surface area contributed by atoms with Crippen molar-refractivity contribution in [1.82, 2.24) is 4.72 Å². The maximum absolute atomic E-state index is 12.3. The highest BCUT2D eigenvalue weighted by molar-refractivity contribution is 7.89. The Labute approximate surface area is 140 Å². The Kier molecular flexibility index (Phi) is 6.55. The SMILES string of the molecule is CC(C)[C@H](NS(=O)(=O)c1ccc(Cl)cc1)C(=O)O[C@H](C)C(N)=O. The first kappa shape index (κ1) is 19.4. The summed E-state index contributed by atoms with van der Waals surface area (Å²) in [5, 5.41) is 0.388. The summed E-state index contributed by atoms with van der Waals surface area (Å²) in [7, 11) is -3.95. The highest BCUT2D eigenvalue weighted by Gasteiger charge is 2.31. The van der Waals surface area contributed by atoms with Crippen LogP contribution in [0.15, 0.2) is 29.2 Å². The van der Waals surface area contributed by atoms with Crippen LogP contribution in [0.3, 0.4) is 0 Å². The Morgan fingerprint density at radius 3 is 2.13 bits per heavy atom. The molecule has 1 aromatic rings. The van der Waals surface area contributed by atoms with Gasteiger partial charge in [0, 0.05) is 5.02 Å². The molecule has 9 heteroatoms. The summed E-state index contributed by atoms with van der Waals surface area (Å²) in [5.74, 6) is -2.09. The summed E-state index contributed by atoms with van der Waals surface area (Å²) in [6, 6.07) is 4.33. The number of esters is 1. The van der Waals surface area contributed by atoms with Crippen LogP contribution >= 0.6 is 11.6 Å². The molecule has 0 spiro atoms. The van der Waals surface area contributed by atoms with E-state index in [0.29, 0.717) is 5.02 Å². The Morgan fingerprint density at radius 1 is 1.17 bits per heavy atom. The molecular weight excluding hydrogens is 344 g/mol. The number of nitrogens with one attached hydrogen (secondary N) is 1. The maximum atomic E-state index is 12.3. The fraction of sp³-hybridized carbons (Fsp3) is 0.429. The molecule has 23 heavy (non-hydrogen) atoms. The second-order valence-electron chi connectivity index (χ2n) is 5.28. The zero-order valence-electron chi connectivity index (χ0n) is 12.9. The van der Waals surface area contributed by atoms with Crippen LogP contribution in [-0.2, 0) is 24.3 Å². The van der Waals surface area contributed by atoms with Crippen LogP contribution in [0.2, 0.25) is 5.02 Å². The number of sulfonamides is 1. The topological polar surface area (TPSA) is 116 Å². The number of primary amides is 1. The van der Waals surface area contributed by atoms with Crippen molar-refractivity contribution in [2.45, 2.75) is 37.8 Å². The highest BCUT2D eigenvalue weighted by atomic mass is 35.5. The zero-order valence-corrected chi connectivity index (χ0v) is 14.5. The fourth-order valence-corrected chi connectivity index (χ4v) is 3.07. The van der Waals surface area contributed by atoms with Gasteiger partial charge in [0.1, 0.15) is 6.04 Å². The predicted molar refractivity (Wildman–Crippen MR) is 85.1 cm³/mol. The van der Waals surface area contributed by atoms with Gasteiger partial charge in [0.15, 0.2) is 6.10 Å². The van der Waals surface area contributed by atoms with Crippen molar-refractivity contribution in [3.05, 3.63) is 29.3 Å². The van der Waals surface area contributed by atoms with Gasteiger partial charge >= 0.3 is 5.97 Å². The molecule has 0 aliphatic carbocycles. The molecule has 1 amide bonds. The van der Waals surface area contributed by atoms with E-state index in [2.05, 4.69) is 4.72 Å². The molecule has 128 valence electrons. The molecule has 2 atom stereocenters. The van der Waals surface area contributed by atoms with E-state index in [0.717, 1.165) is 0 Å². The summed E-state index contributed by atoms with van der Waals surface area (Å²) >= 11 is 5.72. The van der Waals surface area contributed by atoms with Gasteiger partial charge in [0.2, 0.25) is 10.0 Å². The molecular formula is C14H19ClN2O5S. The summed E-state index contributed by atoms with van der Waals surface area (Å²) in [6.07, 6.45) is -1.15. The van der Waals surface area contributed by atoms with Crippen LogP contribution in [0.5, 0.6) is 0 Å². The summed E-state index contributed by atoms with van der Waals surface area (Å²) in [5.41, 5.74) is 5.03. The van der Waals surface area contributed by atoms with Crippen LogP contribution in [-0.4, -0.2) is 32.4 Å². The number of hydrogen-bond acceptors (Lipinski definition) is 5. The van der Waals surface area contributed by atoms with E-state index in [-0.39, 0.29) is 4.90 Å². The smallest absolute Gasteiger partial charge is 0.325 e. The van der Waals surface area contributed by atoms with Gasteiger partial charge in [-0.15, -0.1) is 0 Å². The lowest BCUT2D eigenvalue weighted by Crippen LogP contribution is -2.47. The second-order valence-corrected chi connectivity index (χ2v) is 7.43. The number of ether oxygens (including phenoxy) is 1. The van der Waals surface area contributed by atoms with Crippen molar-refractivity contribution in [1.29, 1.82) is 0 Å². The van der Waals surface area contributed by atoms with Crippen molar-refractivity contribution in [3.63, 3.8) is 0 Å². The molecule has 0 aliphatic rings. The Hall–Kier alpha value is -1.64. The summed E-state index contributed by atoms with van der Waals surface area (Å²) in [6.45, 7) is 4.60. The highest BCUT2D eigenvalue weighted by Crippen LogP contribution is 2.16. The number of nitrogens with two attached hydrogens (primary N) is 1. The molecule has 0 unspecified atom stereocenters. The van der Waals surface area contributed by atoms with Crippen LogP contribution in [0.1, 0.15) is 20.8 Å². The van der Waals surface area contributed by atoms with Crippen LogP contribution in [0, 0.1) is 5.92 Å². The van der Waals surface area contributed by atoms with E-state index in [1.807, 2.05) is 0 Å². The standard InChI is InChI=1S/C14H19ClN2O5S/c1-8(2)12(14(19)22-9(3)13(16)18)17-23(20,21)11-6-4-10(15)5-7-11/h4-9,12,17H,1-3H3,(H2,16,18)/t9-,12+/m1/s1. The number of halogens is 1. The van der Waals surface area contributed by atoms with E-state index in [1.165, 1.54) is 31.2 Å². The lowest BCUT2D eigenvalue weighted by molar-refractivity contribution is -0.156. The van der Waals surface area contributed by atoms with E-state index < -0.39 is 40.0 Å². The molecule has 0 heterocycles. The van der Waals surface area contributed by atoms with Crippen LogP contribution < -0.4 is 10.5 Å². The van der Waals surface area contributed by atoms with Gasteiger partial charge < -0.3 is 10.5 Å². The van der Waals surface area contributed by atoms with Gasteiger partial charge in [-0.25, -0.2) is 8.42 Å². The van der Waals surface area contributed by atoms with Gasteiger partial charge in [0.05, 0.1) is 4.90 Å². The van der Waals surface area contributed by atoms with Crippen molar-refractivity contribution in [2.24, 2.45) is 11.7 Å². The molecule has 0 bridgehead atoms. The number of benzene rings is 1. The minimum absolute atomic E-state index is 0.0386. The van der Waals surface area contributed by atoms with Crippen molar-refractivity contribution in [3.8, 4) is 0 Å². The van der Waals surface area contributed by atoms with E-state index in [4.69, 9.17) is 22.1 Å². The van der Waals surface area contributed by atoms with Crippen molar-refractivity contribution < 1.29 is 22.7 Å². The Balaban J connectivity index is 2.97. The fourth-order valence-electron chi connectivity index (χ4n) is 1.61. The van der Waals surface area contributed by atoms with E-state index >= 15 is 0 Å². The molecule has 7 nitrogen and oxygen atoms in total. The molecule has 1 aromatic carbocycles. The number of carbonyl (C=O) groups is 2. The third-order valence-electron chi connectivity index (χ3n) is 3.02. The van der Waals surface area contributed by atoms with Crippen molar-refractivity contribution in [2.75, 3.05) is 0 Å². The van der Waals surface area contributed by atoms with Crippen LogP contribution in [0.4, 0.5) is 0 Å². The zero-order chi connectivity index (χ0) is 17.8. The number of carbonyl (C=O) groups excluding carboxylic acids is 2. The Morgan fingerprint density at radius 2 is 1.70 bits per heavy atom. The first-order valence-corrected chi connectivity index (χ1v) is 8.68. The molecule has 0 aliphatic heterocycles. The third-order valence-corrected chi connectivity index (χ3v) is 4.73. The average molecular weight is 363 g/mol. The van der Waals surface area contributed by atoms with Gasteiger partial charge in [-0.05, 0) is 37.1 Å². The third kappa shape index (κ3) is 5.49. The second kappa shape index (κ2) is 7.76. The van der Waals surface area contributed by atoms with E-state index in [9.17, 15) is 18.0 Å². The summed E-state index contributed by atoms with van der Waals surface area (Å²) < 4.78 is 31.8. The molecule has 0 aromatic heterocycles. The minimum Gasteiger partial charge on any atom is -0.451 e. The van der Waals surface area contributed by atoms with Gasteiger partial charge in [-0.3, -0.25) is 9.59 Å². The quantitative estimate of drug-likeness (QED) is 0.703. The molecule has 0 fully saturated rings. The largest absolute Gasteiger partial charge is 0.451 e. The van der Waals surface area contributed by atoms with Gasteiger partial charge in [-0.2, -0.15) is 4.72 Å². The maximum Gasteiger partial charge on any atom is 0.325 e. The molecule has 0 radical (unpaired) electrons. The number of amides is 1. The van der Waals surface area contributed by atoms with Gasteiger partial charge in [0.25, 0.3) is 5.91 Å². The van der Waals surface area contributed by atoms with Gasteiger partial charge in [-0.1, -0.05) is 25.4 Å². The predicted octanol–water partition coefficient (Wildman–Crippen LogP) is 1.06. The van der Waals surface area contributed by atoms with Crippen LogP contribution in [0.25, 0.3) is 0 Å². The lowest BCUT2D eigenvalue weighted by atomic mass is 10.1. The minimum atomic E-state index is -3.95. The number of hydrogen-bond donors (Lipinski definition) is 2. The molecule has 1 rings (SSSR count). The Bertz CT molecular complexity index is 673. The molecule has 0 saturated heterocycles. The molecule has 3 N–H and O–H groups in total. The normalized spacial score (nSPS) is 14.3. The van der Waals surface area contributed by atoms with E-state index in [1.54, 1.807) is 13.8 Å². The van der Waals surface area contributed by atoms with Crippen molar-refractivity contribution >= 4 is 33.5 Å². The first-order chi connectivity index (χ1) is 10.5.